The molecule has 2 rings (SSSR count). The lowest BCUT2D eigenvalue weighted by Crippen LogP contribution is -1.94. The second-order valence-electron chi connectivity index (χ2n) is 4.74. The third-order valence-corrected chi connectivity index (χ3v) is 3.15. The number of aryl methyl sites for hydroxylation is 1. The Morgan fingerprint density at radius 1 is 1.05 bits per heavy atom. The van der Waals surface area contributed by atoms with E-state index in [-0.39, 0.29) is 0 Å². The number of methoxy groups -OCH3 is 1. The highest BCUT2D eigenvalue weighted by Crippen LogP contribution is 2.18. The second-order valence-corrected chi connectivity index (χ2v) is 4.74. The van der Waals surface area contributed by atoms with Crippen molar-refractivity contribution in [3.05, 3.63) is 65.7 Å². The molecule has 0 aliphatic heterocycles. The van der Waals surface area contributed by atoms with Gasteiger partial charge in [-0.1, -0.05) is 54.3 Å². The summed E-state index contributed by atoms with van der Waals surface area (Å²) in [5, 5.41) is 9.98. The molecule has 0 aliphatic rings. The number of hydrogen-bond donors (Lipinski definition) is 1. The fourth-order valence-electron chi connectivity index (χ4n) is 1.96. The van der Waals surface area contributed by atoms with Crippen molar-refractivity contribution in [2.45, 2.75) is 18.9 Å². The first-order valence-corrected chi connectivity index (χ1v) is 7.14. The zero-order valence-electron chi connectivity index (χ0n) is 12.5. The van der Waals surface area contributed by atoms with Crippen molar-refractivity contribution in [2.75, 3.05) is 7.11 Å². The van der Waals surface area contributed by atoms with Crippen LogP contribution in [0.2, 0.25) is 0 Å². The Morgan fingerprint density at radius 2 is 1.86 bits per heavy atom. The van der Waals surface area contributed by atoms with Crippen LogP contribution in [0, 0.1) is 23.7 Å². The van der Waals surface area contributed by atoms with Crippen LogP contribution in [-0.2, 0) is 6.42 Å². The molecule has 2 heteroatoms. The summed E-state index contributed by atoms with van der Waals surface area (Å²) in [6.45, 7) is 0. The first-order valence-electron chi connectivity index (χ1n) is 7.14. The monoisotopic (exact) mass is 290 g/mol. The molecule has 22 heavy (non-hydrogen) atoms. The van der Waals surface area contributed by atoms with Gasteiger partial charge in [-0.05, 0) is 41.5 Å². The van der Waals surface area contributed by atoms with E-state index in [4.69, 9.17) is 4.74 Å². The van der Waals surface area contributed by atoms with Crippen LogP contribution in [0.5, 0.6) is 5.75 Å². The highest BCUT2D eigenvalue weighted by Gasteiger charge is 2.03. The van der Waals surface area contributed by atoms with Gasteiger partial charge in [0.1, 0.15) is 11.9 Å². The molecule has 0 saturated heterocycles. The number of hydrogen-bond acceptors (Lipinski definition) is 2. The van der Waals surface area contributed by atoms with Gasteiger partial charge in [0, 0.05) is 6.42 Å². The maximum absolute atomic E-state index is 9.98. The molecule has 1 atom stereocenters. The van der Waals surface area contributed by atoms with Gasteiger partial charge in [0.05, 0.1) is 7.11 Å². The Labute approximate surface area is 131 Å². The molecule has 0 heterocycles. The molecule has 0 spiro atoms. The molecular weight excluding hydrogens is 272 g/mol. The van der Waals surface area contributed by atoms with Crippen LogP contribution in [0.25, 0.3) is 0 Å². The van der Waals surface area contributed by atoms with Gasteiger partial charge >= 0.3 is 0 Å². The van der Waals surface area contributed by atoms with E-state index in [1.165, 1.54) is 5.56 Å². The molecule has 0 unspecified atom stereocenters. The Balaban J connectivity index is 1.86. The number of ether oxygens (including phenoxy) is 1. The van der Waals surface area contributed by atoms with Gasteiger partial charge in [-0.2, -0.15) is 0 Å². The quantitative estimate of drug-likeness (QED) is 0.875. The number of rotatable bonds is 4. The fourth-order valence-corrected chi connectivity index (χ4v) is 1.96. The summed E-state index contributed by atoms with van der Waals surface area (Å²) in [7, 11) is 1.59. The van der Waals surface area contributed by atoms with Crippen LogP contribution >= 0.6 is 0 Å². The Hall–Kier alpha value is -2.68. The lowest BCUT2D eigenvalue weighted by atomic mass is 10.1. The summed E-state index contributed by atoms with van der Waals surface area (Å²) < 4.78 is 5.12. The third-order valence-electron chi connectivity index (χ3n) is 3.15. The Morgan fingerprint density at radius 3 is 2.64 bits per heavy atom. The fraction of sp³-hybridized carbons (Fsp3) is 0.200. The average molecular weight is 290 g/mol. The lowest BCUT2D eigenvalue weighted by Gasteiger charge is -2.05. The molecule has 0 amide bonds. The standard InChI is InChI=1S/C20H18O2/c1-22-19-14-9-13-18(16-19)20(21)15-8-3-2-5-10-17-11-6-4-7-12-17/h4,6-7,9,11-14,16,20-21H,5,10H2,1H3/t20-/m0/s1. The van der Waals surface area contributed by atoms with Crippen molar-refractivity contribution >= 4 is 0 Å². The minimum absolute atomic E-state index is 0.701. The van der Waals surface area contributed by atoms with Crippen molar-refractivity contribution in [2.24, 2.45) is 0 Å². The van der Waals surface area contributed by atoms with Crippen molar-refractivity contribution in [3.63, 3.8) is 0 Å². The molecule has 2 aromatic carbocycles. The van der Waals surface area contributed by atoms with Crippen molar-refractivity contribution in [1.82, 2.24) is 0 Å². The minimum Gasteiger partial charge on any atom is -0.497 e. The Bertz CT molecular complexity index is 712. The van der Waals surface area contributed by atoms with Gasteiger partial charge in [0.15, 0.2) is 0 Å². The molecule has 0 radical (unpaired) electrons. The lowest BCUT2D eigenvalue weighted by molar-refractivity contribution is 0.238. The van der Waals surface area contributed by atoms with Crippen molar-refractivity contribution < 1.29 is 9.84 Å². The van der Waals surface area contributed by atoms with E-state index in [2.05, 4.69) is 35.8 Å². The van der Waals surface area contributed by atoms with Gasteiger partial charge in [-0.15, -0.1) is 0 Å². The maximum Gasteiger partial charge on any atom is 0.141 e. The first-order chi connectivity index (χ1) is 10.8. The smallest absolute Gasteiger partial charge is 0.141 e. The van der Waals surface area contributed by atoms with Crippen molar-refractivity contribution in [3.8, 4) is 29.4 Å². The zero-order valence-corrected chi connectivity index (χ0v) is 12.5. The molecule has 0 fully saturated rings. The van der Waals surface area contributed by atoms with E-state index >= 15 is 0 Å². The van der Waals surface area contributed by atoms with Crippen LogP contribution in [0.15, 0.2) is 54.6 Å². The van der Waals surface area contributed by atoms with Gasteiger partial charge in [-0.25, -0.2) is 0 Å². The van der Waals surface area contributed by atoms with E-state index in [0.29, 0.717) is 11.3 Å². The second kappa shape index (κ2) is 8.57. The summed E-state index contributed by atoms with van der Waals surface area (Å²) in [4.78, 5) is 0. The van der Waals surface area contributed by atoms with Gasteiger partial charge in [0.2, 0.25) is 0 Å². The number of aliphatic hydroxyl groups is 1. The maximum atomic E-state index is 9.98. The van der Waals surface area contributed by atoms with Gasteiger partial charge in [0.25, 0.3) is 0 Å². The molecule has 0 bridgehead atoms. The van der Waals surface area contributed by atoms with Crippen LogP contribution in [-0.4, -0.2) is 12.2 Å². The van der Waals surface area contributed by atoms with Crippen LogP contribution < -0.4 is 4.74 Å². The summed E-state index contributed by atoms with van der Waals surface area (Å²) in [6.07, 6.45) is 0.820. The molecule has 0 aromatic heterocycles. The highest BCUT2D eigenvalue weighted by atomic mass is 16.5. The summed E-state index contributed by atoms with van der Waals surface area (Å²) in [5.41, 5.74) is 1.97. The van der Waals surface area contributed by atoms with E-state index in [9.17, 15) is 5.11 Å². The summed E-state index contributed by atoms with van der Waals surface area (Å²) >= 11 is 0. The molecule has 2 aromatic rings. The predicted octanol–water partition coefficient (Wildman–Crippen LogP) is 3.37. The zero-order chi connectivity index (χ0) is 15.6. The van der Waals surface area contributed by atoms with Crippen LogP contribution in [0.3, 0.4) is 0 Å². The predicted molar refractivity (Wildman–Crippen MR) is 88.3 cm³/mol. The SMILES string of the molecule is COc1cccc([C@@H](O)C#CC#CCCc2ccccc2)c1. The molecule has 110 valence electrons. The normalized spacial score (nSPS) is 10.6. The van der Waals surface area contributed by atoms with E-state index in [1.54, 1.807) is 13.2 Å². The molecule has 2 nitrogen and oxygen atoms in total. The summed E-state index contributed by atoms with van der Waals surface area (Å²) in [5.74, 6) is 11.9. The van der Waals surface area contributed by atoms with Crippen molar-refractivity contribution in [1.29, 1.82) is 0 Å². The van der Waals surface area contributed by atoms with Crippen LogP contribution in [0.4, 0.5) is 0 Å². The summed E-state index contributed by atoms with van der Waals surface area (Å²) in [6, 6.07) is 17.4. The number of benzene rings is 2. The number of aliphatic hydroxyl groups excluding tert-OH is 1. The van der Waals surface area contributed by atoms with E-state index in [0.717, 1.165) is 12.8 Å². The van der Waals surface area contributed by atoms with E-state index in [1.807, 2.05) is 36.4 Å². The molecular formula is C20H18O2. The van der Waals surface area contributed by atoms with Gasteiger partial charge in [-0.3, -0.25) is 0 Å². The third kappa shape index (κ3) is 5.02. The Kier molecular flexibility index (Phi) is 6.12. The minimum atomic E-state index is -0.849. The van der Waals surface area contributed by atoms with Gasteiger partial charge < -0.3 is 9.84 Å². The molecule has 0 aliphatic carbocycles. The van der Waals surface area contributed by atoms with E-state index < -0.39 is 6.10 Å². The van der Waals surface area contributed by atoms with Crippen LogP contribution in [0.1, 0.15) is 23.7 Å². The highest BCUT2D eigenvalue weighted by molar-refractivity contribution is 5.36. The first kappa shape index (κ1) is 15.7. The molecule has 0 saturated carbocycles. The topological polar surface area (TPSA) is 29.5 Å². The average Bonchev–Trinajstić information content (AvgIpc) is 2.58. The molecule has 1 N–H and O–H groups in total. The largest absolute Gasteiger partial charge is 0.497 e.